The third-order valence-corrected chi connectivity index (χ3v) is 4.15. The minimum absolute atomic E-state index is 0.0917. The van der Waals surface area contributed by atoms with Crippen LogP contribution in [-0.4, -0.2) is 24.0 Å². The number of nitrogen functional groups attached to an aromatic ring is 1. The third-order valence-electron chi connectivity index (χ3n) is 3.47. The number of ether oxygens (including phenoxy) is 1. The normalized spacial score (nSPS) is 13.6. The van der Waals surface area contributed by atoms with Gasteiger partial charge in [0, 0.05) is 22.6 Å². The predicted octanol–water partition coefficient (Wildman–Crippen LogP) is 3.11. The SMILES string of the molecule is CC[C@](C)(CC(=O)c1cc(Br)c(N)cc1OC)C(=O)O. The Morgan fingerprint density at radius 2 is 2.05 bits per heavy atom. The predicted molar refractivity (Wildman–Crippen MR) is 80.1 cm³/mol. The average molecular weight is 344 g/mol. The number of ketones is 1. The first kappa shape index (κ1) is 16.5. The lowest BCUT2D eigenvalue weighted by Gasteiger charge is -2.22. The first-order valence-electron chi connectivity index (χ1n) is 6.14. The molecule has 0 bridgehead atoms. The highest BCUT2D eigenvalue weighted by Gasteiger charge is 2.34. The van der Waals surface area contributed by atoms with Gasteiger partial charge in [-0.05, 0) is 35.3 Å². The molecule has 0 aliphatic carbocycles. The van der Waals surface area contributed by atoms with Gasteiger partial charge in [-0.15, -0.1) is 0 Å². The van der Waals surface area contributed by atoms with Crippen molar-refractivity contribution >= 4 is 33.4 Å². The van der Waals surface area contributed by atoms with Gasteiger partial charge in [-0.1, -0.05) is 6.92 Å². The lowest BCUT2D eigenvalue weighted by Crippen LogP contribution is -2.29. The number of rotatable bonds is 6. The molecule has 0 unspecified atom stereocenters. The Morgan fingerprint density at radius 3 is 2.50 bits per heavy atom. The van der Waals surface area contributed by atoms with Crippen molar-refractivity contribution in [1.82, 2.24) is 0 Å². The molecule has 110 valence electrons. The lowest BCUT2D eigenvalue weighted by molar-refractivity contribution is -0.148. The van der Waals surface area contributed by atoms with E-state index in [4.69, 9.17) is 10.5 Å². The molecule has 1 atom stereocenters. The number of carbonyl (C=O) groups excluding carboxylic acids is 1. The van der Waals surface area contributed by atoms with Gasteiger partial charge in [0.1, 0.15) is 5.75 Å². The first-order valence-corrected chi connectivity index (χ1v) is 6.94. The number of aliphatic carboxylic acids is 1. The summed E-state index contributed by atoms with van der Waals surface area (Å²) in [5.41, 5.74) is 5.43. The largest absolute Gasteiger partial charge is 0.496 e. The fourth-order valence-electron chi connectivity index (χ4n) is 1.76. The van der Waals surface area contributed by atoms with Crippen LogP contribution in [0.2, 0.25) is 0 Å². The van der Waals surface area contributed by atoms with Crippen LogP contribution in [-0.2, 0) is 4.79 Å². The van der Waals surface area contributed by atoms with Crippen LogP contribution in [0.25, 0.3) is 0 Å². The van der Waals surface area contributed by atoms with Crippen molar-refractivity contribution in [3.63, 3.8) is 0 Å². The van der Waals surface area contributed by atoms with Gasteiger partial charge in [0.25, 0.3) is 0 Å². The second kappa shape index (κ2) is 6.26. The van der Waals surface area contributed by atoms with Crippen molar-refractivity contribution in [1.29, 1.82) is 0 Å². The summed E-state index contributed by atoms with van der Waals surface area (Å²) in [7, 11) is 1.44. The number of benzene rings is 1. The number of Topliss-reactive ketones (excluding diaryl/α,β-unsaturated/α-hetero) is 1. The molecule has 0 saturated heterocycles. The fourth-order valence-corrected chi connectivity index (χ4v) is 2.10. The van der Waals surface area contributed by atoms with E-state index in [0.29, 0.717) is 27.9 Å². The molecule has 0 saturated carbocycles. The maximum absolute atomic E-state index is 12.4. The van der Waals surface area contributed by atoms with E-state index >= 15 is 0 Å². The molecule has 1 rings (SSSR count). The Labute approximate surface area is 126 Å². The van der Waals surface area contributed by atoms with Crippen LogP contribution < -0.4 is 10.5 Å². The van der Waals surface area contributed by atoms with Crippen LogP contribution in [0.15, 0.2) is 16.6 Å². The van der Waals surface area contributed by atoms with Gasteiger partial charge < -0.3 is 15.6 Å². The average Bonchev–Trinajstić information content (AvgIpc) is 2.40. The molecule has 0 aliphatic rings. The van der Waals surface area contributed by atoms with E-state index < -0.39 is 11.4 Å². The van der Waals surface area contributed by atoms with Crippen LogP contribution in [0.1, 0.15) is 37.0 Å². The summed E-state index contributed by atoms with van der Waals surface area (Å²) in [6, 6.07) is 3.11. The van der Waals surface area contributed by atoms with E-state index in [2.05, 4.69) is 15.9 Å². The topological polar surface area (TPSA) is 89.6 Å². The summed E-state index contributed by atoms with van der Waals surface area (Å²) in [5.74, 6) is -0.921. The van der Waals surface area contributed by atoms with Crippen LogP contribution in [0, 0.1) is 5.41 Å². The molecule has 5 nitrogen and oxygen atoms in total. The van der Waals surface area contributed by atoms with Crippen molar-refractivity contribution in [2.75, 3.05) is 12.8 Å². The van der Waals surface area contributed by atoms with E-state index in [1.165, 1.54) is 7.11 Å². The van der Waals surface area contributed by atoms with Gasteiger partial charge in [0.2, 0.25) is 0 Å². The van der Waals surface area contributed by atoms with Crippen molar-refractivity contribution in [2.45, 2.75) is 26.7 Å². The van der Waals surface area contributed by atoms with Gasteiger partial charge in [0.05, 0.1) is 18.1 Å². The van der Waals surface area contributed by atoms with Gasteiger partial charge >= 0.3 is 5.97 Å². The zero-order valence-electron chi connectivity index (χ0n) is 11.7. The monoisotopic (exact) mass is 343 g/mol. The molecule has 0 fully saturated rings. The van der Waals surface area contributed by atoms with Crippen molar-refractivity contribution in [3.05, 3.63) is 22.2 Å². The van der Waals surface area contributed by atoms with Crippen molar-refractivity contribution < 1.29 is 19.4 Å². The summed E-state index contributed by atoms with van der Waals surface area (Å²) in [5, 5.41) is 9.24. The minimum Gasteiger partial charge on any atom is -0.496 e. The van der Waals surface area contributed by atoms with Crippen LogP contribution in [0.4, 0.5) is 5.69 Å². The molecule has 0 radical (unpaired) electrons. The second-order valence-electron chi connectivity index (χ2n) is 4.89. The fraction of sp³-hybridized carbons (Fsp3) is 0.429. The Hall–Kier alpha value is -1.56. The summed E-state index contributed by atoms with van der Waals surface area (Å²) in [4.78, 5) is 23.6. The molecule has 1 aromatic carbocycles. The summed E-state index contributed by atoms with van der Waals surface area (Å²) < 4.78 is 5.72. The number of carboxylic acids is 1. The minimum atomic E-state index is -1.09. The number of halogens is 1. The van der Waals surface area contributed by atoms with E-state index in [-0.39, 0.29) is 12.2 Å². The maximum atomic E-state index is 12.4. The summed E-state index contributed by atoms with van der Waals surface area (Å²) >= 11 is 3.25. The quantitative estimate of drug-likeness (QED) is 0.611. The molecule has 0 aliphatic heterocycles. The highest BCUT2D eigenvalue weighted by atomic mass is 79.9. The number of nitrogens with two attached hydrogens (primary N) is 1. The first-order chi connectivity index (χ1) is 9.25. The smallest absolute Gasteiger partial charge is 0.309 e. The molecule has 1 aromatic rings. The number of hydrogen-bond donors (Lipinski definition) is 2. The van der Waals surface area contributed by atoms with Gasteiger partial charge in [0.15, 0.2) is 5.78 Å². The van der Waals surface area contributed by atoms with Crippen LogP contribution in [0.3, 0.4) is 0 Å². The van der Waals surface area contributed by atoms with Crippen LogP contribution >= 0.6 is 15.9 Å². The standard InChI is InChI=1S/C14H18BrNO4/c1-4-14(2,13(18)19)7-11(17)8-5-9(15)10(16)6-12(8)20-3/h5-6H,4,7,16H2,1-3H3,(H,18,19)/t14-/m1/s1. The number of methoxy groups -OCH3 is 1. The molecule has 0 aromatic heterocycles. The van der Waals surface area contributed by atoms with Gasteiger partial charge in [-0.3, -0.25) is 9.59 Å². The molecule has 3 N–H and O–H groups in total. The number of carbonyl (C=O) groups is 2. The van der Waals surface area contributed by atoms with E-state index in [1.807, 2.05) is 0 Å². The van der Waals surface area contributed by atoms with Crippen molar-refractivity contribution in [3.8, 4) is 5.75 Å². The van der Waals surface area contributed by atoms with Crippen LogP contribution in [0.5, 0.6) is 5.75 Å². The Bertz CT molecular complexity index is 544. The molecule has 0 heterocycles. The molecule has 0 spiro atoms. The number of hydrogen-bond acceptors (Lipinski definition) is 4. The van der Waals surface area contributed by atoms with E-state index in [9.17, 15) is 14.7 Å². The van der Waals surface area contributed by atoms with Crippen molar-refractivity contribution in [2.24, 2.45) is 5.41 Å². The highest BCUT2D eigenvalue weighted by molar-refractivity contribution is 9.10. The Balaban J connectivity index is 3.15. The Kier molecular flexibility index (Phi) is 5.16. The second-order valence-corrected chi connectivity index (χ2v) is 5.75. The molecular weight excluding hydrogens is 326 g/mol. The molecule has 20 heavy (non-hydrogen) atoms. The highest BCUT2D eigenvalue weighted by Crippen LogP contribution is 2.34. The zero-order valence-corrected chi connectivity index (χ0v) is 13.3. The third kappa shape index (κ3) is 3.30. The van der Waals surface area contributed by atoms with E-state index in [1.54, 1.807) is 26.0 Å². The molecule has 0 amide bonds. The Morgan fingerprint density at radius 1 is 1.45 bits per heavy atom. The van der Waals surface area contributed by atoms with Gasteiger partial charge in [-0.2, -0.15) is 0 Å². The molecule has 6 heteroatoms. The number of carboxylic acid groups (broad SMARTS) is 1. The van der Waals surface area contributed by atoms with E-state index in [0.717, 1.165) is 0 Å². The number of anilines is 1. The summed E-state index contributed by atoms with van der Waals surface area (Å²) in [6.07, 6.45) is 0.276. The molecular formula is C14H18BrNO4. The van der Waals surface area contributed by atoms with Gasteiger partial charge in [-0.25, -0.2) is 0 Å². The maximum Gasteiger partial charge on any atom is 0.309 e. The lowest BCUT2D eigenvalue weighted by atomic mass is 9.81. The summed E-state index contributed by atoms with van der Waals surface area (Å²) in [6.45, 7) is 3.31. The zero-order chi connectivity index (χ0) is 15.5.